The molecule has 3 rings (SSSR count). The van der Waals surface area contributed by atoms with Crippen LogP contribution < -0.4 is 10.1 Å². The summed E-state index contributed by atoms with van der Waals surface area (Å²) in [4.78, 5) is 12.6. The fourth-order valence-corrected chi connectivity index (χ4v) is 4.67. The largest absolute Gasteiger partial charge is 0.495 e. The number of rotatable bonds is 5. The lowest BCUT2D eigenvalue weighted by Crippen LogP contribution is -2.35. The van der Waals surface area contributed by atoms with E-state index in [-0.39, 0.29) is 10.8 Å². The third kappa shape index (κ3) is 4.43. The molecule has 6 nitrogen and oxygen atoms in total. The summed E-state index contributed by atoms with van der Waals surface area (Å²) < 4.78 is 32.5. The highest BCUT2D eigenvalue weighted by atomic mass is 35.5. The number of nitrogens with zero attached hydrogens (tertiary/aromatic N) is 1. The second-order valence-corrected chi connectivity index (χ2v) is 8.66. The van der Waals surface area contributed by atoms with Crippen LogP contribution in [0.1, 0.15) is 29.6 Å². The van der Waals surface area contributed by atoms with E-state index in [1.54, 1.807) is 30.3 Å². The van der Waals surface area contributed by atoms with Crippen molar-refractivity contribution >= 4 is 33.2 Å². The lowest BCUT2D eigenvalue weighted by molar-refractivity contribution is 0.102. The van der Waals surface area contributed by atoms with Crippen molar-refractivity contribution in [2.24, 2.45) is 0 Å². The molecule has 1 N–H and O–H groups in total. The Bertz CT molecular complexity index is 923. The van der Waals surface area contributed by atoms with Gasteiger partial charge in [-0.1, -0.05) is 18.0 Å². The number of carbonyl (C=O) groups is 1. The Morgan fingerprint density at radius 3 is 2.37 bits per heavy atom. The molecule has 1 fully saturated rings. The highest BCUT2D eigenvalue weighted by molar-refractivity contribution is 7.89. The molecule has 0 unspecified atom stereocenters. The summed E-state index contributed by atoms with van der Waals surface area (Å²) >= 11 is 5.85. The molecule has 0 spiro atoms. The molecular formula is C19H21ClN2O4S. The summed E-state index contributed by atoms with van der Waals surface area (Å²) in [5.74, 6) is 0.00685. The lowest BCUT2D eigenvalue weighted by atomic mass is 10.2. The molecule has 144 valence electrons. The zero-order chi connectivity index (χ0) is 19.4. The number of halogens is 1. The van der Waals surface area contributed by atoms with Crippen molar-refractivity contribution in [1.82, 2.24) is 4.31 Å². The van der Waals surface area contributed by atoms with Crippen molar-refractivity contribution in [2.75, 3.05) is 25.5 Å². The van der Waals surface area contributed by atoms with Gasteiger partial charge in [0.25, 0.3) is 5.91 Å². The van der Waals surface area contributed by atoms with Crippen LogP contribution in [-0.2, 0) is 10.0 Å². The smallest absolute Gasteiger partial charge is 0.255 e. The molecule has 1 heterocycles. The zero-order valence-electron chi connectivity index (χ0n) is 14.9. The van der Waals surface area contributed by atoms with E-state index in [0.717, 1.165) is 19.3 Å². The van der Waals surface area contributed by atoms with Gasteiger partial charge in [-0.05, 0) is 55.3 Å². The van der Waals surface area contributed by atoms with Crippen molar-refractivity contribution in [3.05, 3.63) is 53.1 Å². The quantitative estimate of drug-likeness (QED) is 0.816. The molecule has 1 saturated heterocycles. The fourth-order valence-electron chi connectivity index (χ4n) is 3.00. The highest BCUT2D eigenvalue weighted by Gasteiger charge is 2.27. The average Bonchev–Trinajstić information content (AvgIpc) is 2.69. The van der Waals surface area contributed by atoms with Crippen molar-refractivity contribution in [3.8, 4) is 5.75 Å². The molecule has 1 aliphatic rings. The molecule has 0 aliphatic carbocycles. The van der Waals surface area contributed by atoms with E-state index >= 15 is 0 Å². The van der Waals surface area contributed by atoms with Gasteiger partial charge < -0.3 is 10.1 Å². The van der Waals surface area contributed by atoms with Gasteiger partial charge in [0.1, 0.15) is 5.75 Å². The Kier molecular flexibility index (Phi) is 6.04. The van der Waals surface area contributed by atoms with E-state index in [1.807, 2.05) is 0 Å². The third-order valence-corrected chi connectivity index (χ3v) is 6.62. The minimum atomic E-state index is -3.61. The maximum absolute atomic E-state index is 12.9. The first-order valence-corrected chi connectivity index (χ1v) is 10.5. The van der Waals surface area contributed by atoms with Crippen LogP contribution in [0.25, 0.3) is 0 Å². The molecule has 0 atom stereocenters. The molecule has 0 radical (unpaired) electrons. The number of amides is 1. The van der Waals surface area contributed by atoms with E-state index in [0.29, 0.717) is 35.1 Å². The number of carbonyl (C=O) groups excluding carboxylic acids is 1. The number of sulfonamides is 1. The maximum Gasteiger partial charge on any atom is 0.255 e. The predicted molar refractivity (Wildman–Crippen MR) is 105 cm³/mol. The third-order valence-electron chi connectivity index (χ3n) is 4.48. The van der Waals surface area contributed by atoms with Gasteiger partial charge in [0.2, 0.25) is 10.0 Å². The zero-order valence-corrected chi connectivity index (χ0v) is 16.5. The van der Waals surface area contributed by atoms with Crippen LogP contribution in [0.15, 0.2) is 47.4 Å². The first kappa shape index (κ1) is 19.7. The topological polar surface area (TPSA) is 75.7 Å². The summed E-state index contributed by atoms with van der Waals surface area (Å²) in [5, 5.41) is 3.25. The Hall–Kier alpha value is -2.09. The number of piperidine rings is 1. The fraction of sp³-hybridized carbons (Fsp3) is 0.316. The molecule has 0 saturated carbocycles. The lowest BCUT2D eigenvalue weighted by Gasteiger charge is -2.26. The van der Waals surface area contributed by atoms with E-state index in [9.17, 15) is 13.2 Å². The van der Waals surface area contributed by atoms with E-state index in [1.165, 1.54) is 23.5 Å². The summed E-state index contributed by atoms with van der Waals surface area (Å²) in [6.07, 6.45) is 2.75. The molecule has 0 aromatic heterocycles. The van der Waals surface area contributed by atoms with Crippen LogP contribution in [0.4, 0.5) is 5.69 Å². The Balaban J connectivity index is 1.89. The molecule has 2 aromatic rings. The summed E-state index contributed by atoms with van der Waals surface area (Å²) in [5.41, 5.74) is 0.710. The predicted octanol–water partition coefficient (Wildman–Crippen LogP) is 3.78. The van der Waals surface area contributed by atoms with Gasteiger partial charge in [-0.15, -0.1) is 0 Å². The maximum atomic E-state index is 12.9. The molecule has 27 heavy (non-hydrogen) atoms. The van der Waals surface area contributed by atoms with E-state index in [2.05, 4.69) is 5.32 Å². The monoisotopic (exact) mass is 408 g/mol. The Morgan fingerprint density at radius 1 is 1.07 bits per heavy atom. The normalized spacial score (nSPS) is 15.3. The van der Waals surface area contributed by atoms with Gasteiger partial charge in [-0.25, -0.2) is 8.42 Å². The van der Waals surface area contributed by atoms with Crippen LogP contribution in [0, 0.1) is 0 Å². The number of anilines is 1. The Morgan fingerprint density at radius 2 is 1.74 bits per heavy atom. The molecule has 1 amide bonds. The van der Waals surface area contributed by atoms with Gasteiger partial charge in [0.05, 0.1) is 17.7 Å². The molecular weight excluding hydrogens is 388 g/mol. The summed E-state index contributed by atoms with van der Waals surface area (Å²) in [6, 6.07) is 10.9. The molecule has 0 bridgehead atoms. The second-order valence-electron chi connectivity index (χ2n) is 6.29. The number of nitrogens with one attached hydrogen (secondary N) is 1. The standard InChI is InChI=1S/C19H21ClN2O4S/c1-26-18-10-9-16(27(24,25)22-11-3-2-4-12-22)13-17(18)21-19(23)14-5-7-15(20)8-6-14/h5-10,13H,2-4,11-12H2,1H3,(H,21,23). The molecule has 8 heteroatoms. The Labute approximate surface area is 164 Å². The van der Waals surface area contributed by atoms with Gasteiger partial charge in [0, 0.05) is 23.7 Å². The second kappa shape index (κ2) is 8.29. The summed E-state index contributed by atoms with van der Waals surface area (Å²) in [7, 11) is -2.14. The number of benzene rings is 2. The van der Waals surface area contributed by atoms with Crippen LogP contribution in [-0.4, -0.2) is 38.8 Å². The number of hydrogen-bond donors (Lipinski definition) is 1. The van der Waals surface area contributed by atoms with Gasteiger partial charge in [-0.2, -0.15) is 4.31 Å². The van der Waals surface area contributed by atoms with Crippen molar-refractivity contribution in [3.63, 3.8) is 0 Å². The van der Waals surface area contributed by atoms with Crippen LogP contribution in [0.2, 0.25) is 5.02 Å². The van der Waals surface area contributed by atoms with Crippen molar-refractivity contribution in [2.45, 2.75) is 24.2 Å². The average molecular weight is 409 g/mol. The first-order chi connectivity index (χ1) is 12.9. The minimum Gasteiger partial charge on any atom is -0.495 e. The number of ether oxygens (including phenoxy) is 1. The summed E-state index contributed by atoms with van der Waals surface area (Å²) in [6.45, 7) is 1.03. The molecule has 1 aliphatic heterocycles. The molecule has 2 aromatic carbocycles. The van der Waals surface area contributed by atoms with Gasteiger partial charge in [-0.3, -0.25) is 4.79 Å². The highest BCUT2D eigenvalue weighted by Crippen LogP contribution is 2.30. The number of methoxy groups -OCH3 is 1. The van der Waals surface area contributed by atoms with Gasteiger partial charge in [0.15, 0.2) is 0 Å². The van der Waals surface area contributed by atoms with Crippen LogP contribution in [0.5, 0.6) is 5.75 Å². The van der Waals surface area contributed by atoms with Crippen molar-refractivity contribution < 1.29 is 17.9 Å². The van der Waals surface area contributed by atoms with Crippen LogP contribution in [0.3, 0.4) is 0 Å². The van der Waals surface area contributed by atoms with E-state index in [4.69, 9.17) is 16.3 Å². The first-order valence-electron chi connectivity index (χ1n) is 8.67. The minimum absolute atomic E-state index is 0.136. The number of hydrogen-bond acceptors (Lipinski definition) is 4. The van der Waals surface area contributed by atoms with Crippen molar-refractivity contribution in [1.29, 1.82) is 0 Å². The SMILES string of the molecule is COc1ccc(S(=O)(=O)N2CCCCC2)cc1NC(=O)c1ccc(Cl)cc1. The van der Waals surface area contributed by atoms with Crippen LogP contribution >= 0.6 is 11.6 Å². The van der Waals surface area contributed by atoms with E-state index < -0.39 is 10.0 Å². The van der Waals surface area contributed by atoms with Gasteiger partial charge >= 0.3 is 0 Å².